The molecule has 0 fully saturated rings. The van der Waals surface area contributed by atoms with E-state index in [0.717, 1.165) is 47.5 Å². The number of sulfonamides is 1. The topological polar surface area (TPSA) is 110 Å². The van der Waals surface area contributed by atoms with Gasteiger partial charge in [0, 0.05) is 4.88 Å². The summed E-state index contributed by atoms with van der Waals surface area (Å²) in [6.07, 6.45) is 3.78. The van der Waals surface area contributed by atoms with Crippen LogP contribution in [0.1, 0.15) is 40.6 Å². The molecule has 11 heteroatoms. The molecular formula is C23H22N4O4S3. The summed E-state index contributed by atoms with van der Waals surface area (Å²) >= 11 is 2.60. The first-order valence-electron chi connectivity index (χ1n) is 10.9. The minimum Gasteiger partial charge on any atom is -0.462 e. The lowest BCUT2D eigenvalue weighted by molar-refractivity contribution is 0.0526. The van der Waals surface area contributed by atoms with Crippen molar-refractivity contribution >= 4 is 66.3 Å². The number of carbonyl (C=O) groups is 1. The molecule has 0 unspecified atom stereocenters. The van der Waals surface area contributed by atoms with E-state index >= 15 is 0 Å². The number of thiophene rings is 2. The molecule has 1 aliphatic carbocycles. The Morgan fingerprint density at radius 2 is 1.79 bits per heavy atom. The number of fused-ring (bicyclic) bond motifs is 2. The number of para-hydroxylation sites is 2. The third kappa shape index (κ3) is 4.38. The van der Waals surface area contributed by atoms with E-state index in [-0.39, 0.29) is 28.4 Å². The number of ether oxygens (including phenoxy) is 1. The van der Waals surface area contributed by atoms with E-state index in [2.05, 4.69) is 20.0 Å². The Labute approximate surface area is 205 Å². The second kappa shape index (κ2) is 9.32. The molecule has 0 aliphatic heterocycles. The van der Waals surface area contributed by atoms with Gasteiger partial charge in [0.05, 0.1) is 23.2 Å². The molecule has 1 aromatic carbocycles. The zero-order valence-corrected chi connectivity index (χ0v) is 20.8. The van der Waals surface area contributed by atoms with Crippen LogP contribution in [0.4, 0.5) is 16.6 Å². The van der Waals surface area contributed by atoms with Crippen LogP contribution in [-0.2, 0) is 27.6 Å². The number of benzene rings is 1. The van der Waals surface area contributed by atoms with Crippen LogP contribution in [0.2, 0.25) is 0 Å². The number of hydrogen-bond donors (Lipinski definition) is 2. The van der Waals surface area contributed by atoms with Crippen LogP contribution in [0, 0.1) is 0 Å². The minimum atomic E-state index is -3.85. The van der Waals surface area contributed by atoms with E-state index in [9.17, 15) is 13.2 Å². The van der Waals surface area contributed by atoms with Crippen molar-refractivity contribution in [3.05, 3.63) is 57.8 Å². The summed E-state index contributed by atoms with van der Waals surface area (Å²) in [5, 5.41) is 5.50. The number of rotatable bonds is 7. The predicted octanol–water partition coefficient (Wildman–Crippen LogP) is 5.35. The van der Waals surface area contributed by atoms with E-state index < -0.39 is 10.0 Å². The van der Waals surface area contributed by atoms with Gasteiger partial charge in [-0.3, -0.25) is 4.72 Å². The monoisotopic (exact) mass is 514 g/mol. The van der Waals surface area contributed by atoms with Gasteiger partial charge in [0.2, 0.25) is 0 Å². The molecule has 3 heterocycles. The fourth-order valence-electron chi connectivity index (χ4n) is 3.93. The van der Waals surface area contributed by atoms with Crippen LogP contribution < -0.4 is 10.0 Å². The molecule has 1 aliphatic rings. The number of esters is 1. The van der Waals surface area contributed by atoms with E-state index in [1.54, 1.807) is 30.5 Å². The van der Waals surface area contributed by atoms with Crippen LogP contribution in [-0.4, -0.2) is 31.0 Å². The molecule has 5 rings (SSSR count). The first kappa shape index (κ1) is 22.8. The molecule has 0 bridgehead atoms. The van der Waals surface area contributed by atoms with Crippen molar-refractivity contribution in [3.63, 3.8) is 0 Å². The summed E-state index contributed by atoms with van der Waals surface area (Å²) in [6, 6.07) is 10.4. The quantitative estimate of drug-likeness (QED) is 0.320. The van der Waals surface area contributed by atoms with Gasteiger partial charge >= 0.3 is 5.97 Å². The van der Waals surface area contributed by atoms with Gasteiger partial charge in [-0.1, -0.05) is 18.2 Å². The van der Waals surface area contributed by atoms with Gasteiger partial charge in [0.15, 0.2) is 11.6 Å². The highest BCUT2D eigenvalue weighted by atomic mass is 32.2. The molecule has 176 valence electrons. The number of nitrogens with one attached hydrogen (secondary N) is 2. The van der Waals surface area contributed by atoms with Crippen molar-refractivity contribution in [2.45, 2.75) is 36.8 Å². The van der Waals surface area contributed by atoms with Gasteiger partial charge in [0.25, 0.3) is 10.0 Å². The van der Waals surface area contributed by atoms with Crippen molar-refractivity contribution in [1.29, 1.82) is 0 Å². The molecule has 3 aromatic heterocycles. The van der Waals surface area contributed by atoms with Crippen LogP contribution >= 0.6 is 22.7 Å². The Balaban J connectivity index is 1.61. The van der Waals surface area contributed by atoms with Crippen LogP contribution in [0.15, 0.2) is 46.0 Å². The molecule has 0 spiro atoms. The Bertz CT molecular complexity index is 1460. The second-order valence-corrected chi connectivity index (χ2v) is 11.7. The van der Waals surface area contributed by atoms with E-state index in [4.69, 9.17) is 4.74 Å². The van der Waals surface area contributed by atoms with Gasteiger partial charge in [-0.05, 0) is 61.7 Å². The van der Waals surface area contributed by atoms with E-state index in [0.29, 0.717) is 21.6 Å². The van der Waals surface area contributed by atoms with E-state index in [1.165, 1.54) is 17.4 Å². The molecule has 2 N–H and O–H groups in total. The highest BCUT2D eigenvalue weighted by Crippen LogP contribution is 2.41. The molecule has 8 nitrogen and oxygen atoms in total. The summed E-state index contributed by atoms with van der Waals surface area (Å²) in [5.74, 6) is -0.102. The van der Waals surface area contributed by atoms with Gasteiger partial charge in [-0.15, -0.1) is 22.7 Å². The molecule has 4 aromatic rings. The molecule has 0 saturated carbocycles. The number of carbonyl (C=O) groups excluding carboxylic acids is 1. The standard InChI is InChI=1S/C23H22N4O4S3/c1-2-31-23(28)19-14-8-3-6-11-17(14)33-22(19)26-20-21(25-16-10-5-4-9-15(16)24-20)27-34(29,30)18-12-7-13-32-18/h4-5,7,9-10,12-13H,2-3,6,8,11H2,1H3,(H,24,26)(H,25,27). The molecule has 0 radical (unpaired) electrons. The molecule has 0 amide bonds. The third-order valence-corrected chi connectivity index (χ3v) is 9.39. The third-order valence-electron chi connectivity index (χ3n) is 5.44. The fraction of sp³-hybridized carbons (Fsp3) is 0.261. The summed E-state index contributed by atoms with van der Waals surface area (Å²) < 4.78 is 34.0. The van der Waals surface area contributed by atoms with Gasteiger partial charge < -0.3 is 10.1 Å². The number of anilines is 3. The van der Waals surface area contributed by atoms with Crippen molar-refractivity contribution in [2.75, 3.05) is 16.6 Å². The molecule has 34 heavy (non-hydrogen) atoms. The first-order valence-corrected chi connectivity index (χ1v) is 14.1. The number of hydrogen-bond acceptors (Lipinski definition) is 9. The molecule has 0 atom stereocenters. The van der Waals surface area contributed by atoms with Crippen molar-refractivity contribution in [1.82, 2.24) is 9.97 Å². The zero-order valence-electron chi connectivity index (χ0n) is 18.3. The normalized spacial score (nSPS) is 13.4. The van der Waals surface area contributed by atoms with Crippen LogP contribution in [0.25, 0.3) is 11.0 Å². The largest absolute Gasteiger partial charge is 0.462 e. The minimum absolute atomic E-state index is 0.0632. The Morgan fingerprint density at radius 1 is 1.06 bits per heavy atom. The smallest absolute Gasteiger partial charge is 0.341 e. The van der Waals surface area contributed by atoms with Crippen LogP contribution in [0.5, 0.6) is 0 Å². The predicted molar refractivity (Wildman–Crippen MR) is 135 cm³/mol. The summed E-state index contributed by atoms with van der Waals surface area (Å²) in [7, 11) is -3.85. The molecule has 0 saturated heterocycles. The maximum absolute atomic E-state index is 13.0. The maximum atomic E-state index is 13.0. The van der Waals surface area contributed by atoms with Crippen LogP contribution in [0.3, 0.4) is 0 Å². The zero-order chi connectivity index (χ0) is 23.7. The lowest BCUT2D eigenvalue weighted by Crippen LogP contribution is -2.15. The average Bonchev–Trinajstić information content (AvgIpc) is 3.48. The lowest BCUT2D eigenvalue weighted by atomic mass is 9.95. The van der Waals surface area contributed by atoms with Crippen molar-refractivity contribution in [2.24, 2.45) is 0 Å². The maximum Gasteiger partial charge on any atom is 0.341 e. The Morgan fingerprint density at radius 3 is 2.50 bits per heavy atom. The Kier molecular flexibility index (Phi) is 6.24. The second-order valence-electron chi connectivity index (χ2n) is 7.71. The Hall–Kier alpha value is -3.02. The van der Waals surface area contributed by atoms with Crippen molar-refractivity contribution < 1.29 is 17.9 Å². The summed E-state index contributed by atoms with van der Waals surface area (Å²) in [6.45, 7) is 2.04. The summed E-state index contributed by atoms with van der Waals surface area (Å²) in [4.78, 5) is 23.2. The van der Waals surface area contributed by atoms with Gasteiger partial charge in [-0.2, -0.15) is 0 Å². The number of aromatic nitrogens is 2. The number of nitrogens with zero attached hydrogens (tertiary/aromatic N) is 2. The average molecular weight is 515 g/mol. The molecular weight excluding hydrogens is 492 g/mol. The lowest BCUT2D eigenvalue weighted by Gasteiger charge is -2.14. The summed E-state index contributed by atoms with van der Waals surface area (Å²) in [5.41, 5.74) is 2.66. The van der Waals surface area contributed by atoms with E-state index in [1.807, 2.05) is 12.1 Å². The number of aryl methyl sites for hydroxylation is 1. The highest BCUT2D eigenvalue weighted by Gasteiger charge is 2.28. The van der Waals surface area contributed by atoms with Crippen molar-refractivity contribution in [3.8, 4) is 0 Å². The first-order chi connectivity index (χ1) is 16.5. The van der Waals surface area contributed by atoms with Gasteiger partial charge in [-0.25, -0.2) is 23.2 Å². The highest BCUT2D eigenvalue weighted by molar-refractivity contribution is 7.94. The fourth-order valence-corrected chi connectivity index (χ4v) is 7.21. The SMILES string of the molecule is CCOC(=O)c1c(Nc2nc3ccccc3nc2NS(=O)(=O)c2cccs2)sc2c1CCCC2. The van der Waals surface area contributed by atoms with Gasteiger partial charge in [0.1, 0.15) is 9.21 Å².